The summed E-state index contributed by atoms with van der Waals surface area (Å²) in [6.45, 7) is 2.78. The van der Waals surface area contributed by atoms with Gasteiger partial charge in [0.25, 0.3) is 5.91 Å². The molecule has 2 N–H and O–H groups in total. The van der Waals surface area contributed by atoms with Crippen LogP contribution in [-0.2, 0) is 16.9 Å². The van der Waals surface area contributed by atoms with Crippen LogP contribution in [-0.4, -0.2) is 35.0 Å². The normalized spacial score (nSPS) is 28.1. The van der Waals surface area contributed by atoms with Crippen molar-refractivity contribution in [3.05, 3.63) is 70.7 Å². The Hall–Kier alpha value is -1.88. The highest BCUT2D eigenvalue weighted by atomic mass is 35.5. The molecule has 1 amide bonds. The van der Waals surface area contributed by atoms with Gasteiger partial charge in [0.15, 0.2) is 5.60 Å². The number of nitrogens with zero attached hydrogens (tertiary/aromatic N) is 1. The van der Waals surface area contributed by atoms with Gasteiger partial charge in [0.05, 0.1) is 0 Å². The van der Waals surface area contributed by atoms with Crippen molar-refractivity contribution in [3.63, 3.8) is 0 Å². The molecule has 0 aromatic heterocycles. The van der Waals surface area contributed by atoms with Gasteiger partial charge in [-0.25, -0.2) is 0 Å². The number of hydrogen-bond donors (Lipinski definition) is 2. The Balaban J connectivity index is 1.24. The fraction of sp³-hybridized carbons (Fsp3) is 0.480. The van der Waals surface area contributed by atoms with Crippen molar-refractivity contribution in [1.82, 2.24) is 10.2 Å². The number of hydrogen-bond acceptors (Lipinski definition) is 3. The number of benzene rings is 2. The molecule has 0 bridgehead atoms. The second-order valence-corrected chi connectivity index (χ2v) is 9.63. The molecule has 1 heterocycles. The summed E-state index contributed by atoms with van der Waals surface area (Å²) in [5, 5.41) is 15.7. The lowest BCUT2D eigenvalue weighted by Gasteiger charge is -2.33. The third-order valence-corrected chi connectivity index (χ3v) is 7.79. The molecular formula is C25H29ClN2O2. The summed E-state index contributed by atoms with van der Waals surface area (Å²) in [4.78, 5) is 15.8. The summed E-state index contributed by atoms with van der Waals surface area (Å²) in [5.41, 5.74) is 0.451. The van der Waals surface area contributed by atoms with E-state index in [4.69, 9.17) is 11.6 Å². The van der Waals surface area contributed by atoms with Gasteiger partial charge in [-0.15, -0.1) is 0 Å². The summed E-state index contributed by atoms with van der Waals surface area (Å²) in [7, 11) is 0. The van der Waals surface area contributed by atoms with E-state index in [1.807, 2.05) is 48.5 Å². The standard InChI is InChI=1S/C25H29ClN2O2/c26-22-13-7-4-8-17(22)14-28-15-20-21(16-28)23(20)27-24(29)25(30,19-11-5-6-12-19)18-9-2-1-3-10-18/h1-4,7-10,13,19-21,23,30H,5-6,11-12,14-16H2,(H,27,29). The van der Waals surface area contributed by atoms with Crippen LogP contribution in [0, 0.1) is 17.8 Å². The summed E-state index contributed by atoms with van der Waals surface area (Å²) in [6.07, 6.45) is 3.97. The lowest BCUT2D eigenvalue weighted by molar-refractivity contribution is -0.147. The molecule has 3 unspecified atom stereocenters. The van der Waals surface area contributed by atoms with Gasteiger partial charge in [-0.2, -0.15) is 0 Å². The lowest BCUT2D eigenvalue weighted by Crippen LogP contribution is -2.50. The molecule has 30 heavy (non-hydrogen) atoms. The average molecular weight is 425 g/mol. The van der Waals surface area contributed by atoms with Crippen molar-refractivity contribution >= 4 is 17.5 Å². The summed E-state index contributed by atoms with van der Waals surface area (Å²) >= 11 is 6.31. The Labute approximate surface area is 183 Å². The molecule has 158 valence electrons. The van der Waals surface area contributed by atoms with E-state index in [2.05, 4.69) is 16.3 Å². The number of likely N-dealkylation sites (tertiary alicyclic amines) is 1. The van der Waals surface area contributed by atoms with Crippen LogP contribution in [0.2, 0.25) is 5.02 Å². The van der Waals surface area contributed by atoms with Crippen LogP contribution in [0.5, 0.6) is 0 Å². The molecule has 2 saturated carbocycles. The Morgan fingerprint density at radius 2 is 1.67 bits per heavy atom. The van der Waals surface area contributed by atoms with E-state index in [1.54, 1.807) is 0 Å². The van der Waals surface area contributed by atoms with E-state index < -0.39 is 5.60 Å². The van der Waals surface area contributed by atoms with Gasteiger partial charge in [-0.3, -0.25) is 9.69 Å². The van der Waals surface area contributed by atoms with Crippen LogP contribution < -0.4 is 5.32 Å². The van der Waals surface area contributed by atoms with Gasteiger partial charge in [-0.05, 0) is 41.9 Å². The van der Waals surface area contributed by atoms with Crippen molar-refractivity contribution in [2.75, 3.05) is 13.1 Å². The van der Waals surface area contributed by atoms with E-state index in [1.165, 1.54) is 0 Å². The largest absolute Gasteiger partial charge is 0.375 e. The molecule has 0 spiro atoms. The van der Waals surface area contributed by atoms with Gasteiger partial charge in [0.2, 0.25) is 0 Å². The van der Waals surface area contributed by atoms with Crippen molar-refractivity contribution in [3.8, 4) is 0 Å². The highest BCUT2D eigenvalue weighted by Crippen LogP contribution is 2.47. The monoisotopic (exact) mass is 424 g/mol. The van der Waals surface area contributed by atoms with Crippen molar-refractivity contribution in [2.24, 2.45) is 17.8 Å². The molecule has 2 aromatic carbocycles. The van der Waals surface area contributed by atoms with Crippen LogP contribution in [0.3, 0.4) is 0 Å². The molecule has 3 aliphatic rings. The number of carbonyl (C=O) groups is 1. The van der Waals surface area contributed by atoms with Crippen LogP contribution in [0.4, 0.5) is 0 Å². The summed E-state index contributed by atoms with van der Waals surface area (Å²) in [6, 6.07) is 17.7. The van der Waals surface area contributed by atoms with Crippen LogP contribution in [0.1, 0.15) is 36.8 Å². The summed E-state index contributed by atoms with van der Waals surface area (Å²) < 4.78 is 0. The van der Waals surface area contributed by atoms with E-state index in [0.717, 1.165) is 61.5 Å². The predicted octanol–water partition coefficient (Wildman–Crippen LogP) is 3.96. The smallest absolute Gasteiger partial charge is 0.257 e. The van der Waals surface area contributed by atoms with Gasteiger partial charge in [0, 0.05) is 36.6 Å². The SMILES string of the molecule is O=C(NC1C2CN(Cc3ccccc3Cl)CC21)C(O)(c1ccccc1)C1CCCC1. The number of piperidine rings is 1. The Morgan fingerprint density at radius 1 is 1.03 bits per heavy atom. The molecular weight excluding hydrogens is 396 g/mol. The lowest BCUT2D eigenvalue weighted by atomic mass is 9.79. The average Bonchev–Trinajstić information content (AvgIpc) is 3.18. The molecule has 1 saturated heterocycles. The van der Waals surface area contributed by atoms with E-state index in [-0.39, 0.29) is 17.9 Å². The minimum atomic E-state index is -1.42. The maximum absolute atomic E-state index is 13.4. The van der Waals surface area contributed by atoms with Gasteiger partial charge in [-0.1, -0.05) is 73.0 Å². The number of rotatable bonds is 6. The van der Waals surface area contributed by atoms with Gasteiger partial charge < -0.3 is 10.4 Å². The highest BCUT2D eigenvalue weighted by molar-refractivity contribution is 6.31. The number of amides is 1. The Morgan fingerprint density at radius 3 is 2.33 bits per heavy atom. The first-order valence-electron chi connectivity index (χ1n) is 11.1. The third-order valence-electron chi connectivity index (χ3n) is 7.43. The summed E-state index contributed by atoms with van der Waals surface area (Å²) in [5.74, 6) is 0.730. The number of carbonyl (C=O) groups excluding carboxylic acids is 1. The fourth-order valence-electron chi connectivity index (χ4n) is 5.67. The highest BCUT2D eigenvalue weighted by Gasteiger charge is 2.58. The van der Waals surface area contributed by atoms with Crippen molar-refractivity contribution < 1.29 is 9.90 Å². The van der Waals surface area contributed by atoms with E-state index >= 15 is 0 Å². The molecule has 3 fully saturated rings. The number of halogens is 1. The quantitative estimate of drug-likeness (QED) is 0.737. The second kappa shape index (κ2) is 7.99. The minimum absolute atomic E-state index is 0.00443. The third kappa shape index (κ3) is 3.55. The minimum Gasteiger partial charge on any atom is -0.375 e. The number of fused-ring (bicyclic) bond motifs is 1. The first kappa shape index (κ1) is 20.0. The number of aliphatic hydroxyl groups is 1. The predicted molar refractivity (Wildman–Crippen MR) is 118 cm³/mol. The Bertz CT molecular complexity index is 902. The maximum Gasteiger partial charge on any atom is 0.257 e. The van der Waals surface area contributed by atoms with E-state index in [9.17, 15) is 9.90 Å². The zero-order chi connectivity index (χ0) is 20.7. The van der Waals surface area contributed by atoms with Crippen LogP contribution >= 0.6 is 11.6 Å². The van der Waals surface area contributed by atoms with Crippen LogP contribution in [0.25, 0.3) is 0 Å². The second-order valence-electron chi connectivity index (χ2n) is 9.23. The molecule has 5 heteroatoms. The van der Waals surface area contributed by atoms with E-state index in [0.29, 0.717) is 11.8 Å². The zero-order valence-corrected chi connectivity index (χ0v) is 17.9. The molecule has 1 aliphatic heterocycles. The molecule has 5 rings (SSSR count). The van der Waals surface area contributed by atoms with Crippen molar-refractivity contribution in [2.45, 2.75) is 43.9 Å². The molecule has 4 nitrogen and oxygen atoms in total. The Kier molecular flexibility index (Phi) is 5.34. The van der Waals surface area contributed by atoms with Gasteiger partial charge >= 0.3 is 0 Å². The molecule has 2 aliphatic carbocycles. The van der Waals surface area contributed by atoms with Gasteiger partial charge in [0.1, 0.15) is 0 Å². The number of nitrogens with one attached hydrogen (secondary N) is 1. The maximum atomic E-state index is 13.4. The first-order chi connectivity index (χ1) is 14.6. The topological polar surface area (TPSA) is 52.6 Å². The van der Waals surface area contributed by atoms with Crippen molar-refractivity contribution in [1.29, 1.82) is 0 Å². The molecule has 0 radical (unpaired) electrons. The zero-order valence-electron chi connectivity index (χ0n) is 17.1. The molecule has 3 atom stereocenters. The molecule has 2 aromatic rings. The van der Waals surface area contributed by atoms with Crippen LogP contribution in [0.15, 0.2) is 54.6 Å². The first-order valence-corrected chi connectivity index (χ1v) is 11.5. The fourth-order valence-corrected chi connectivity index (χ4v) is 5.87.